The highest BCUT2D eigenvalue weighted by Crippen LogP contribution is 2.34. The molecule has 0 bridgehead atoms. The number of amidine groups is 1. The summed E-state index contributed by atoms with van der Waals surface area (Å²) < 4.78 is 15.9. The van der Waals surface area contributed by atoms with Crippen molar-refractivity contribution in [1.29, 1.82) is 0 Å². The second-order valence-corrected chi connectivity index (χ2v) is 6.88. The number of nitrogens with zero attached hydrogens (tertiary/aromatic N) is 2. The average molecular weight is 386 g/mol. The molecular weight excluding hydrogens is 364 g/mol. The number of benzene rings is 2. The van der Waals surface area contributed by atoms with E-state index in [9.17, 15) is 4.79 Å². The van der Waals surface area contributed by atoms with E-state index in [-0.39, 0.29) is 5.91 Å². The Morgan fingerprint density at radius 3 is 2.56 bits per heavy atom. The second kappa shape index (κ2) is 8.81. The minimum atomic E-state index is -0.0956. The summed E-state index contributed by atoms with van der Waals surface area (Å²) in [7, 11) is 4.79. The molecule has 1 heterocycles. The van der Waals surface area contributed by atoms with Crippen molar-refractivity contribution >= 4 is 28.5 Å². The lowest BCUT2D eigenvalue weighted by atomic mass is 10.2. The number of ether oxygens (including phenoxy) is 3. The normalized spacial score (nSPS) is 15.5. The molecule has 27 heavy (non-hydrogen) atoms. The number of aliphatic imine (C=N–C) groups is 1. The molecule has 3 rings (SSSR count). The quantitative estimate of drug-likeness (QED) is 0.778. The van der Waals surface area contributed by atoms with Gasteiger partial charge in [-0.25, -0.2) is 4.99 Å². The highest BCUT2D eigenvalue weighted by molar-refractivity contribution is 8.13. The summed E-state index contributed by atoms with van der Waals surface area (Å²) in [6, 6.07) is 12.6. The molecule has 0 unspecified atom stereocenters. The van der Waals surface area contributed by atoms with Gasteiger partial charge >= 0.3 is 0 Å². The zero-order valence-corrected chi connectivity index (χ0v) is 16.4. The molecule has 0 radical (unpaired) electrons. The highest BCUT2D eigenvalue weighted by Gasteiger charge is 2.25. The van der Waals surface area contributed by atoms with E-state index < -0.39 is 0 Å². The SMILES string of the molecule is COc1cccc(C(=O)N2CCCSC2=Nc2cc(OC)ccc2OC)c1. The monoisotopic (exact) mass is 386 g/mol. The van der Waals surface area contributed by atoms with E-state index in [0.29, 0.717) is 40.2 Å². The fourth-order valence-corrected chi connectivity index (χ4v) is 3.69. The van der Waals surface area contributed by atoms with Crippen LogP contribution >= 0.6 is 11.8 Å². The largest absolute Gasteiger partial charge is 0.497 e. The Morgan fingerprint density at radius 2 is 1.81 bits per heavy atom. The third-order valence-electron chi connectivity index (χ3n) is 4.15. The number of hydrogen-bond acceptors (Lipinski definition) is 6. The van der Waals surface area contributed by atoms with Gasteiger partial charge in [0.2, 0.25) is 0 Å². The van der Waals surface area contributed by atoms with Crippen LogP contribution in [-0.4, -0.2) is 49.6 Å². The Hall–Kier alpha value is -2.67. The summed E-state index contributed by atoms with van der Waals surface area (Å²) in [5.41, 5.74) is 1.20. The molecule has 0 N–H and O–H groups in total. The Morgan fingerprint density at radius 1 is 1.04 bits per heavy atom. The van der Waals surface area contributed by atoms with Gasteiger partial charge in [0.1, 0.15) is 22.9 Å². The minimum Gasteiger partial charge on any atom is -0.497 e. The summed E-state index contributed by atoms with van der Waals surface area (Å²) in [5.74, 6) is 2.78. The molecule has 2 aromatic rings. The van der Waals surface area contributed by atoms with E-state index in [1.807, 2.05) is 18.2 Å². The smallest absolute Gasteiger partial charge is 0.259 e. The summed E-state index contributed by atoms with van der Waals surface area (Å²) in [6.07, 6.45) is 0.911. The van der Waals surface area contributed by atoms with Crippen molar-refractivity contribution in [1.82, 2.24) is 4.90 Å². The molecule has 7 heteroatoms. The van der Waals surface area contributed by atoms with Crippen molar-refractivity contribution in [3.05, 3.63) is 48.0 Å². The maximum Gasteiger partial charge on any atom is 0.259 e. The van der Waals surface area contributed by atoms with Crippen LogP contribution in [0.2, 0.25) is 0 Å². The fraction of sp³-hybridized carbons (Fsp3) is 0.300. The van der Waals surface area contributed by atoms with Crippen LogP contribution in [0.1, 0.15) is 16.8 Å². The van der Waals surface area contributed by atoms with Crippen LogP contribution in [0, 0.1) is 0 Å². The van der Waals surface area contributed by atoms with E-state index in [1.165, 1.54) is 0 Å². The molecule has 0 aromatic heterocycles. The van der Waals surface area contributed by atoms with Gasteiger partial charge in [0.05, 0.1) is 21.3 Å². The first kappa shape index (κ1) is 19.1. The van der Waals surface area contributed by atoms with Gasteiger partial charge in [-0.3, -0.25) is 9.69 Å². The number of carbonyl (C=O) groups is 1. The second-order valence-electron chi connectivity index (χ2n) is 5.82. The van der Waals surface area contributed by atoms with E-state index in [0.717, 1.165) is 12.2 Å². The summed E-state index contributed by atoms with van der Waals surface area (Å²) in [4.78, 5) is 19.5. The van der Waals surface area contributed by atoms with Gasteiger partial charge in [-0.05, 0) is 36.8 Å². The van der Waals surface area contributed by atoms with Gasteiger partial charge in [0.15, 0.2) is 5.17 Å². The third kappa shape index (κ3) is 4.36. The Labute approximate surface area is 163 Å². The molecule has 1 aliphatic rings. The molecule has 1 fully saturated rings. The topological polar surface area (TPSA) is 60.4 Å². The molecular formula is C20H22N2O4S. The number of methoxy groups -OCH3 is 3. The molecule has 0 saturated carbocycles. The third-order valence-corrected chi connectivity index (χ3v) is 5.21. The molecule has 6 nitrogen and oxygen atoms in total. The number of thioether (sulfide) groups is 1. The van der Waals surface area contributed by atoms with E-state index >= 15 is 0 Å². The van der Waals surface area contributed by atoms with E-state index in [4.69, 9.17) is 19.2 Å². The lowest BCUT2D eigenvalue weighted by molar-refractivity contribution is 0.0849. The Bertz CT molecular complexity index is 854. The van der Waals surface area contributed by atoms with Crippen LogP contribution in [0.25, 0.3) is 0 Å². The Kier molecular flexibility index (Phi) is 6.24. The van der Waals surface area contributed by atoms with E-state index in [1.54, 1.807) is 62.3 Å². The summed E-state index contributed by atoms with van der Waals surface area (Å²) >= 11 is 1.56. The predicted octanol–water partition coefficient (Wildman–Crippen LogP) is 3.98. The molecule has 0 atom stereocenters. The molecule has 142 valence electrons. The van der Waals surface area contributed by atoms with Gasteiger partial charge in [0.25, 0.3) is 5.91 Å². The number of carbonyl (C=O) groups excluding carboxylic acids is 1. The number of hydrogen-bond donors (Lipinski definition) is 0. The summed E-state index contributed by atoms with van der Waals surface area (Å²) in [5, 5.41) is 0.653. The lowest BCUT2D eigenvalue weighted by Gasteiger charge is -2.28. The van der Waals surface area contributed by atoms with Crippen molar-refractivity contribution in [2.24, 2.45) is 4.99 Å². The van der Waals surface area contributed by atoms with Crippen LogP contribution in [0.5, 0.6) is 17.2 Å². The summed E-state index contributed by atoms with van der Waals surface area (Å²) in [6.45, 7) is 0.619. The zero-order valence-electron chi connectivity index (χ0n) is 15.6. The maximum absolute atomic E-state index is 13.1. The van der Waals surface area contributed by atoms with Crippen LogP contribution in [0.4, 0.5) is 5.69 Å². The molecule has 0 aliphatic carbocycles. The van der Waals surface area contributed by atoms with Crippen LogP contribution in [-0.2, 0) is 0 Å². The maximum atomic E-state index is 13.1. The molecule has 1 saturated heterocycles. The predicted molar refractivity (Wildman–Crippen MR) is 108 cm³/mol. The number of rotatable bonds is 5. The van der Waals surface area contributed by atoms with Crippen molar-refractivity contribution in [2.75, 3.05) is 33.6 Å². The Balaban J connectivity index is 1.95. The highest BCUT2D eigenvalue weighted by atomic mass is 32.2. The van der Waals surface area contributed by atoms with Crippen LogP contribution < -0.4 is 14.2 Å². The molecule has 0 spiro atoms. The van der Waals surface area contributed by atoms with Gasteiger partial charge in [0, 0.05) is 23.9 Å². The minimum absolute atomic E-state index is 0.0956. The fourth-order valence-electron chi connectivity index (χ4n) is 2.74. The lowest BCUT2D eigenvalue weighted by Crippen LogP contribution is -2.39. The zero-order chi connectivity index (χ0) is 19.2. The van der Waals surface area contributed by atoms with Gasteiger partial charge in [-0.15, -0.1) is 0 Å². The van der Waals surface area contributed by atoms with Gasteiger partial charge in [-0.2, -0.15) is 0 Å². The first-order valence-electron chi connectivity index (χ1n) is 8.55. The van der Waals surface area contributed by atoms with Crippen molar-refractivity contribution in [2.45, 2.75) is 6.42 Å². The van der Waals surface area contributed by atoms with Gasteiger partial charge in [-0.1, -0.05) is 17.8 Å². The van der Waals surface area contributed by atoms with Crippen LogP contribution in [0.15, 0.2) is 47.5 Å². The van der Waals surface area contributed by atoms with Crippen LogP contribution in [0.3, 0.4) is 0 Å². The van der Waals surface area contributed by atoms with E-state index in [2.05, 4.69) is 0 Å². The first-order chi connectivity index (χ1) is 13.2. The standard InChI is InChI=1S/C20H22N2O4S/c1-24-15-7-4-6-14(12-15)19(23)22-10-5-11-27-20(22)21-17-13-16(25-2)8-9-18(17)26-3/h4,6-9,12-13H,5,10-11H2,1-3H3. The van der Waals surface area contributed by atoms with Gasteiger partial charge < -0.3 is 14.2 Å². The molecule has 1 aliphatic heterocycles. The molecule has 2 aromatic carbocycles. The molecule has 1 amide bonds. The van der Waals surface area contributed by atoms with Crippen molar-refractivity contribution < 1.29 is 19.0 Å². The first-order valence-corrected chi connectivity index (χ1v) is 9.54. The van der Waals surface area contributed by atoms with Crippen molar-refractivity contribution in [3.8, 4) is 17.2 Å². The number of amides is 1. The van der Waals surface area contributed by atoms with Crippen molar-refractivity contribution in [3.63, 3.8) is 0 Å². The average Bonchev–Trinajstić information content (AvgIpc) is 2.73.